The van der Waals surface area contributed by atoms with Crippen molar-refractivity contribution in [2.75, 3.05) is 13.1 Å². The minimum atomic E-state index is -4.23. The monoisotopic (exact) mass is 313 g/mol. The highest BCUT2D eigenvalue weighted by Gasteiger charge is 2.41. The molecule has 1 N–H and O–H groups in total. The number of amides is 1. The Hall–Kier alpha value is -1.41. The fourth-order valence-corrected chi connectivity index (χ4v) is 3.88. The first-order valence-corrected chi connectivity index (χ1v) is 8.25. The van der Waals surface area contributed by atoms with Gasteiger partial charge in [0.1, 0.15) is 6.10 Å². The molecule has 0 radical (unpaired) electrons. The van der Waals surface area contributed by atoms with Crippen LogP contribution in [0.4, 0.5) is 9.18 Å². The number of halogens is 1. The number of nitrogens with zero attached hydrogens (tertiary/aromatic N) is 1. The highest BCUT2D eigenvalue weighted by Crippen LogP contribution is 2.28. The summed E-state index contributed by atoms with van der Waals surface area (Å²) in [6.07, 6.45) is -1.24. The van der Waals surface area contributed by atoms with Gasteiger partial charge in [-0.1, -0.05) is 18.2 Å². The van der Waals surface area contributed by atoms with Crippen molar-refractivity contribution in [1.29, 1.82) is 0 Å². The number of rotatable bonds is 4. The van der Waals surface area contributed by atoms with Gasteiger partial charge < -0.3 is 10.0 Å². The molecule has 0 spiro atoms. The van der Waals surface area contributed by atoms with Gasteiger partial charge >= 0.3 is 0 Å². The topological polar surface area (TPSA) is 74.7 Å². The third kappa shape index (κ3) is 3.27. The van der Waals surface area contributed by atoms with E-state index in [1.165, 1.54) is 37.0 Å². The Kier molecular flexibility index (Phi) is 4.68. The molecule has 1 aromatic carbocycles. The maximum absolute atomic E-state index is 14.3. The highest BCUT2D eigenvalue weighted by atomic mass is 32.2. The van der Waals surface area contributed by atoms with E-state index in [1.807, 2.05) is 0 Å². The Morgan fingerprint density at radius 1 is 1.38 bits per heavy atom. The molecule has 2 rings (SSSR count). The molecular weight excluding hydrogens is 296 g/mol. The summed E-state index contributed by atoms with van der Waals surface area (Å²) in [6.45, 7) is 0.594. The van der Waals surface area contributed by atoms with Gasteiger partial charge in [-0.25, -0.2) is 12.8 Å². The molecule has 1 amide bonds. The molecule has 0 bridgehead atoms. The maximum atomic E-state index is 14.3. The molecule has 5 nitrogen and oxygen atoms in total. The fourth-order valence-electron chi connectivity index (χ4n) is 2.49. The number of alkyl halides is 1. The summed E-state index contributed by atoms with van der Waals surface area (Å²) in [5.74, 6) is -0.728. The molecule has 0 aliphatic carbocycles. The van der Waals surface area contributed by atoms with Crippen LogP contribution in [0.3, 0.4) is 0 Å². The fraction of sp³-hybridized carbons (Fsp3) is 0.462. The van der Waals surface area contributed by atoms with E-state index in [0.29, 0.717) is 13.0 Å². The first kappa shape index (κ1) is 16.0. The van der Waals surface area contributed by atoms with E-state index in [2.05, 4.69) is 0 Å². The number of sulfone groups is 1. The van der Waals surface area contributed by atoms with E-state index in [-0.39, 0.29) is 17.2 Å². The zero-order valence-corrected chi connectivity index (χ0v) is 12.5. The lowest BCUT2D eigenvalue weighted by Gasteiger charge is -2.22. The Balaban J connectivity index is 2.13. The van der Waals surface area contributed by atoms with Crippen molar-refractivity contribution in [3.8, 4) is 0 Å². The van der Waals surface area contributed by atoms with Crippen LogP contribution in [0, 0.1) is 5.92 Å². The van der Waals surface area contributed by atoms with E-state index in [0.717, 1.165) is 0 Å². The third-order valence-electron chi connectivity index (χ3n) is 3.79. The summed E-state index contributed by atoms with van der Waals surface area (Å²) >= 11 is 0. The van der Waals surface area contributed by atoms with Crippen molar-refractivity contribution >= 4 is 23.5 Å². The lowest BCUT2D eigenvalue weighted by molar-refractivity contribution is 0.0669. The molecule has 2 unspecified atom stereocenters. The van der Waals surface area contributed by atoms with Crippen LogP contribution < -0.4 is 0 Å². The van der Waals surface area contributed by atoms with E-state index < -0.39 is 27.4 Å². The van der Waals surface area contributed by atoms with Crippen LogP contribution in [0.2, 0.25) is 0 Å². The van der Waals surface area contributed by atoms with E-state index in [4.69, 9.17) is 0 Å². The summed E-state index contributed by atoms with van der Waals surface area (Å²) in [6, 6.07) is 7.22. The van der Waals surface area contributed by atoms with Gasteiger partial charge in [0.2, 0.25) is 23.2 Å². The SMILES string of the molecule is BC(=O)N1CC[C@H](C(O)C(F)S(=O)(=O)c2ccccc2)C1. The van der Waals surface area contributed by atoms with Gasteiger partial charge in [0.05, 0.1) is 4.90 Å². The summed E-state index contributed by atoms with van der Waals surface area (Å²) in [7, 11) is -2.84. The van der Waals surface area contributed by atoms with Crippen molar-refractivity contribution in [2.24, 2.45) is 5.92 Å². The second-order valence-corrected chi connectivity index (χ2v) is 7.23. The molecule has 1 heterocycles. The average molecular weight is 313 g/mol. The Morgan fingerprint density at radius 2 is 2.00 bits per heavy atom. The summed E-state index contributed by atoms with van der Waals surface area (Å²) < 4.78 is 38.6. The number of likely N-dealkylation sites (tertiary alicyclic amines) is 1. The molecule has 21 heavy (non-hydrogen) atoms. The van der Waals surface area contributed by atoms with Crippen LogP contribution >= 0.6 is 0 Å². The molecule has 1 aromatic rings. The molecular formula is C13H17BFNO4S. The zero-order chi connectivity index (χ0) is 15.6. The second-order valence-electron chi connectivity index (χ2n) is 5.21. The minimum Gasteiger partial charge on any atom is -0.389 e. The predicted molar refractivity (Wildman–Crippen MR) is 78.2 cm³/mol. The number of hydrogen-bond donors (Lipinski definition) is 1. The van der Waals surface area contributed by atoms with E-state index in [9.17, 15) is 22.7 Å². The first-order valence-electron chi connectivity index (χ1n) is 6.70. The quantitative estimate of drug-likeness (QED) is 0.806. The van der Waals surface area contributed by atoms with Gasteiger partial charge in [-0.15, -0.1) is 0 Å². The van der Waals surface area contributed by atoms with Gasteiger partial charge in [-0.05, 0) is 18.6 Å². The van der Waals surface area contributed by atoms with Crippen LogP contribution in [0.25, 0.3) is 0 Å². The summed E-state index contributed by atoms with van der Waals surface area (Å²) in [5, 5.41) is 10.0. The summed E-state index contributed by atoms with van der Waals surface area (Å²) in [5.41, 5.74) is -2.39. The molecule has 1 aliphatic heterocycles. The first-order chi connectivity index (χ1) is 9.84. The van der Waals surface area contributed by atoms with Gasteiger partial charge in [-0.2, -0.15) is 0 Å². The molecule has 3 atom stereocenters. The van der Waals surface area contributed by atoms with Crippen LogP contribution in [0.15, 0.2) is 35.2 Å². The zero-order valence-electron chi connectivity index (χ0n) is 11.6. The molecule has 1 aliphatic rings. The Morgan fingerprint density at radius 3 is 2.52 bits per heavy atom. The predicted octanol–water partition coefficient (Wildman–Crippen LogP) is 0.192. The number of hydrogen-bond acceptors (Lipinski definition) is 4. The van der Waals surface area contributed by atoms with Crippen molar-refractivity contribution in [1.82, 2.24) is 4.90 Å². The lowest BCUT2D eigenvalue weighted by atomic mass is 10.0. The van der Waals surface area contributed by atoms with Gasteiger partial charge in [-0.3, -0.25) is 4.79 Å². The standard InChI is InChI=1S/C13H17BFNO4S/c14-13(18)16-7-6-9(8-16)11(17)12(15)21(19,20)10-4-2-1-3-5-10/h1-5,9,11-12,17H,6-8,14H2/t9-,11?,12?/m0/s1. The number of aliphatic hydroxyl groups excluding tert-OH is 1. The second kappa shape index (κ2) is 6.15. The summed E-state index contributed by atoms with van der Waals surface area (Å²) in [4.78, 5) is 12.6. The van der Waals surface area contributed by atoms with Crippen LogP contribution in [0.5, 0.6) is 0 Å². The molecule has 0 aromatic heterocycles. The molecule has 8 heteroatoms. The minimum absolute atomic E-state index is 0.155. The van der Waals surface area contributed by atoms with Gasteiger partial charge in [0.25, 0.3) is 0 Å². The van der Waals surface area contributed by atoms with Crippen molar-refractivity contribution in [2.45, 2.75) is 22.9 Å². The number of aliphatic hydroxyl groups is 1. The van der Waals surface area contributed by atoms with Gasteiger partial charge in [0, 0.05) is 19.0 Å². The Labute approximate surface area is 124 Å². The highest BCUT2D eigenvalue weighted by molar-refractivity contribution is 7.92. The largest absolute Gasteiger partial charge is 0.389 e. The third-order valence-corrected chi connectivity index (χ3v) is 5.59. The van der Waals surface area contributed by atoms with E-state index >= 15 is 0 Å². The van der Waals surface area contributed by atoms with Crippen molar-refractivity contribution < 1.29 is 22.7 Å². The maximum Gasteiger partial charge on any atom is 0.231 e. The molecule has 1 saturated heterocycles. The normalized spacial score (nSPS) is 22.0. The van der Waals surface area contributed by atoms with Crippen LogP contribution in [0.1, 0.15) is 6.42 Å². The number of carbonyl (C=O) groups excluding carboxylic acids is 1. The van der Waals surface area contributed by atoms with Crippen LogP contribution in [-0.4, -0.2) is 56.8 Å². The number of carbonyl (C=O) groups is 1. The Bertz CT molecular complexity index is 610. The average Bonchev–Trinajstić information content (AvgIpc) is 2.96. The molecule has 0 saturated carbocycles. The molecule has 1 fully saturated rings. The van der Waals surface area contributed by atoms with Crippen LogP contribution in [-0.2, 0) is 9.84 Å². The van der Waals surface area contributed by atoms with Crippen molar-refractivity contribution in [3.63, 3.8) is 0 Å². The number of benzene rings is 1. The van der Waals surface area contributed by atoms with Crippen molar-refractivity contribution in [3.05, 3.63) is 30.3 Å². The lowest BCUT2D eigenvalue weighted by Crippen LogP contribution is -2.38. The smallest absolute Gasteiger partial charge is 0.231 e. The van der Waals surface area contributed by atoms with Gasteiger partial charge in [0.15, 0.2) is 5.81 Å². The molecule has 114 valence electrons. The van der Waals surface area contributed by atoms with E-state index in [1.54, 1.807) is 6.07 Å².